The Morgan fingerprint density at radius 2 is 2.09 bits per heavy atom. The summed E-state index contributed by atoms with van der Waals surface area (Å²) in [5, 5.41) is 0. The monoisotopic (exact) mass is 339 g/mol. The van der Waals surface area contributed by atoms with Crippen LogP contribution in [-0.4, -0.2) is 41.9 Å². The summed E-state index contributed by atoms with van der Waals surface area (Å²) in [6.07, 6.45) is 4.56. The minimum atomic E-state index is -3.44. The highest BCUT2D eigenvalue weighted by Crippen LogP contribution is 2.27. The summed E-state index contributed by atoms with van der Waals surface area (Å²) in [5.41, 5.74) is 0. The van der Waals surface area contributed by atoms with Gasteiger partial charge in [-0.3, -0.25) is 0 Å². The predicted octanol–water partition coefficient (Wildman–Crippen LogP) is 2.08. The van der Waals surface area contributed by atoms with E-state index in [0.717, 1.165) is 17.7 Å². The van der Waals surface area contributed by atoms with E-state index in [1.807, 2.05) is 13.0 Å². The molecule has 3 rings (SSSR count). The number of rotatable bonds is 4. The quantitative estimate of drug-likeness (QED) is 0.853. The Bertz CT molecular complexity index is 731. The predicted molar refractivity (Wildman–Crippen MR) is 83.5 cm³/mol. The molecule has 2 aromatic rings. The third-order valence-electron chi connectivity index (χ3n) is 3.46. The number of aryl methyl sites for hydroxylation is 1. The summed E-state index contributed by atoms with van der Waals surface area (Å²) in [6.45, 7) is 2.75. The summed E-state index contributed by atoms with van der Waals surface area (Å²) in [6, 6.07) is 5.50. The number of piperidine rings is 1. The molecule has 1 aliphatic heterocycles. The van der Waals surface area contributed by atoms with Crippen molar-refractivity contribution in [1.82, 2.24) is 14.3 Å². The van der Waals surface area contributed by atoms with Gasteiger partial charge in [0.05, 0.1) is 6.54 Å². The van der Waals surface area contributed by atoms with Crippen molar-refractivity contribution in [1.29, 1.82) is 0 Å². The minimum absolute atomic E-state index is 0.216. The number of ether oxygens (including phenoxy) is 1. The van der Waals surface area contributed by atoms with Gasteiger partial charge in [0, 0.05) is 23.8 Å². The van der Waals surface area contributed by atoms with E-state index in [2.05, 4.69) is 9.97 Å². The van der Waals surface area contributed by atoms with Crippen molar-refractivity contribution in [3.63, 3.8) is 0 Å². The Morgan fingerprint density at radius 3 is 2.77 bits per heavy atom. The fourth-order valence-corrected chi connectivity index (χ4v) is 5.34. The van der Waals surface area contributed by atoms with Crippen LogP contribution in [0.1, 0.15) is 17.7 Å². The lowest BCUT2D eigenvalue weighted by atomic mass is 10.1. The molecule has 0 aliphatic carbocycles. The second kappa shape index (κ2) is 6.31. The number of sulfonamides is 1. The number of hydrogen-bond acceptors (Lipinski definition) is 6. The van der Waals surface area contributed by atoms with Gasteiger partial charge >= 0.3 is 6.01 Å². The summed E-state index contributed by atoms with van der Waals surface area (Å²) in [5.74, 6) is 0. The number of aromatic nitrogens is 2. The molecule has 0 amide bonds. The SMILES string of the molecule is Cc1ccc(S(=O)(=O)N2CCC[C@H](Oc3ncccn3)C2)s1. The maximum Gasteiger partial charge on any atom is 0.316 e. The van der Waals surface area contributed by atoms with Crippen LogP contribution in [0, 0.1) is 6.92 Å². The molecule has 8 heteroatoms. The molecule has 0 saturated carbocycles. The molecule has 0 bridgehead atoms. The van der Waals surface area contributed by atoms with E-state index in [4.69, 9.17) is 4.74 Å². The molecule has 0 radical (unpaired) electrons. The largest absolute Gasteiger partial charge is 0.459 e. The van der Waals surface area contributed by atoms with E-state index in [1.165, 1.54) is 15.6 Å². The van der Waals surface area contributed by atoms with E-state index in [-0.39, 0.29) is 6.10 Å². The smallest absolute Gasteiger partial charge is 0.316 e. The van der Waals surface area contributed by atoms with E-state index >= 15 is 0 Å². The highest BCUT2D eigenvalue weighted by atomic mass is 32.2. The lowest BCUT2D eigenvalue weighted by Crippen LogP contribution is -2.44. The zero-order valence-electron chi connectivity index (χ0n) is 12.2. The van der Waals surface area contributed by atoms with Gasteiger partial charge in [0.1, 0.15) is 10.3 Å². The van der Waals surface area contributed by atoms with Crippen LogP contribution in [0.2, 0.25) is 0 Å². The number of hydrogen-bond donors (Lipinski definition) is 0. The normalized spacial score (nSPS) is 20.0. The molecule has 0 N–H and O–H groups in total. The third-order valence-corrected chi connectivity index (χ3v) is 6.80. The van der Waals surface area contributed by atoms with Crippen molar-refractivity contribution in [2.75, 3.05) is 13.1 Å². The molecule has 22 heavy (non-hydrogen) atoms. The first-order valence-corrected chi connectivity index (χ1v) is 9.31. The van der Waals surface area contributed by atoms with Crippen molar-refractivity contribution in [3.05, 3.63) is 35.5 Å². The van der Waals surface area contributed by atoms with Crippen LogP contribution >= 0.6 is 11.3 Å². The van der Waals surface area contributed by atoms with Crippen LogP contribution in [-0.2, 0) is 10.0 Å². The third kappa shape index (κ3) is 3.29. The maximum atomic E-state index is 12.6. The van der Waals surface area contributed by atoms with E-state index in [0.29, 0.717) is 23.3 Å². The molecule has 1 atom stereocenters. The Morgan fingerprint density at radius 1 is 1.32 bits per heavy atom. The molecule has 2 aromatic heterocycles. The van der Waals surface area contributed by atoms with Crippen LogP contribution < -0.4 is 4.74 Å². The Labute approximate surface area is 133 Å². The summed E-state index contributed by atoms with van der Waals surface area (Å²) in [7, 11) is -3.44. The standard InChI is InChI=1S/C14H17N3O3S2/c1-11-5-6-13(21-11)22(18,19)17-9-2-4-12(10-17)20-14-15-7-3-8-16-14/h3,5-8,12H,2,4,9-10H2,1H3/t12-/m0/s1. The van der Waals surface area contributed by atoms with Crippen molar-refractivity contribution < 1.29 is 13.2 Å². The van der Waals surface area contributed by atoms with Crippen LogP contribution in [0.5, 0.6) is 6.01 Å². The van der Waals surface area contributed by atoms with Gasteiger partial charge < -0.3 is 4.74 Å². The first-order valence-electron chi connectivity index (χ1n) is 7.06. The molecule has 0 spiro atoms. The van der Waals surface area contributed by atoms with Gasteiger partial charge in [-0.2, -0.15) is 4.31 Å². The van der Waals surface area contributed by atoms with Crippen LogP contribution in [0.25, 0.3) is 0 Å². The van der Waals surface area contributed by atoms with Crippen LogP contribution in [0.4, 0.5) is 0 Å². The average Bonchev–Trinajstić information content (AvgIpc) is 2.96. The Hall–Kier alpha value is -1.51. The molecule has 1 aliphatic rings. The van der Waals surface area contributed by atoms with Crippen LogP contribution in [0.3, 0.4) is 0 Å². The maximum absolute atomic E-state index is 12.6. The van der Waals surface area contributed by atoms with E-state index < -0.39 is 10.0 Å². The van der Waals surface area contributed by atoms with Gasteiger partial charge in [0.15, 0.2) is 0 Å². The Kier molecular flexibility index (Phi) is 4.42. The van der Waals surface area contributed by atoms with Crippen molar-refractivity contribution in [3.8, 4) is 6.01 Å². The van der Waals surface area contributed by atoms with Crippen molar-refractivity contribution >= 4 is 21.4 Å². The lowest BCUT2D eigenvalue weighted by Gasteiger charge is -2.31. The minimum Gasteiger partial charge on any atom is -0.459 e. The van der Waals surface area contributed by atoms with E-state index in [1.54, 1.807) is 24.5 Å². The lowest BCUT2D eigenvalue weighted by molar-refractivity contribution is 0.119. The van der Waals surface area contributed by atoms with Gasteiger partial charge in [-0.25, -0.2) is 18.4 Å². The summed E-state index contributed by atoms with van der Waals surface area (Å²) in [4.78, 5) is 9.03. The van der Waals surface area contributed by atoms with Gasteiger partial charge in [-0.05, 0) is 38.0 Å². The van der Waals surface area contributed by atoms with Gasteiger partial charge in [0.25, 0.3) is 10.0 Å². The first kappa shape index (κ1) is 15.4. The molecule has 1 fully saturated rings. The molecule has 0 aromatic carbocycles. The summed E-state index contributed by atoms with van der Waals surface area (Å²) < 4.78 is 32.9. The molecule has 6 nitrogen and oxygen atoms in total. The molecular weight excluding hydrogens is 322 g/mol. The highest BCUT2D eigenvalue weighted by molar-refractivity contribution is 7.91. The zero-order valence-corrected chi connectivity index (χ0v) is 13.8. The fraction of sp³-hybridized carbons (Fsp3) is 0.429. The highest BCUT2D eigenvalue weighted by Gasteiger charge is 2.32. The average molecular weight is 339 g/mol. The molecule has 3 heterocycles. The molecule has 1 saturated heterocycles. The molecule has 118 valence electrons. The first-order chi connectivity index (χ1) is 10.6. The summed E-state index contributed by atoms with van der Waals surface area (Å²) >= 11 is 1.30. The van der Waals surface area contributed by atoms with Gasteiger partial charge in [-0.1, -0.05) is 0 Å². The Balaban J connectivity index is 1.73. The van der Waals surface area contributed by atoms with E-state index in [9.17, 15) is 8.42 Å². The fourth-order valence-electron chi connectivity index (χ4n) is 2.39. The second-order valence-electron chi connectivity index (χ2n) is 5.14. The van der Waals surface area contributed by atoms with Gasteiger partial charge in [0.2, 0.25) is 0 Å². The van der Waals surface area contributed by atoms with Gasteiger partial charge in [-0.15, -0.1) is 11.3 Å². The van der Waals surface area contributed by atoms with Crippen molar-refractivity contribution in [2.45, 2.75) is 30.1 Å². The van der Waals surface area contributed by atoms with Crippen molar-refractivity contribution in [2.24, 2.45) is 0 Å². The molecule has 0 unspecified atom stereocenters. The number of thiophene rings is 1. The number of nitrogens with zero attached hydrogens (tertiary/aromatic N) is 3. The molecular formula is C14H17N3O3S2. The second-order valence-corrected chi connectivity index (χ2v) is 8.59. The van der Waals surface area contributed by atoms with Crippen LogP contribution in [0.15, 0.2) is 34.8 Å². The topological polar surface area (TPSA) is 72.4 Å². The zero-order chi connectivity index (χ0) is 15.6.